The van der Waals surface area contributed by atoms with Gasteiger partial charge < -0.3 is 14.8 Å². The van der Waals surface area contributed by atoms with Crippen LogP contribution in [0.4, 0.5) is 4.79 Å². The Hall–Kier alpha value is -2.30. The molecule has 0 aliphatic rings. The molecule has 5 heteroatoms. The Balaban J connectivity index is 2.51. The maximum atomic E-state index is 11.4. The van der Waals surface area contributed by atoms with Gasteiger partial charge in [-0.05, 0) is 38.5 Å². The van der Waals surface area contributed by atoms with Crippen molar-refractivity contribution in [2.45, 2.75) is 26.4 Å². The molecule has 1 rings (SSSR count). The molecule has 0 aliphatic heterocycles. The predicted octanol–water partition coefficient (Wildman–Crippen LogP) is 3.01. The molecule has 1 N–H and O–H groups in total. The molecule has 0 aliphatic carbocycles. The van der Waals surface area contributed by atoms with Crippen molar-refractivity contribution in [3.63, 3.8) is 0 Å². The molecular weight excluding hydrogens is 270 g/mol. The van der Waals surface area contributed by atoms with E-state index in [9.17, 15) is 9.59 Å². The number of amides is 1. The smallest absolute Gasteiger partial charge is 0.407 e. The molecule has 0 bridgehead atoms. The van der Waals surface area contributed by atoms with Crippen LogP contribution in [0.2, 0.25) is 0 Å². The molecule has 114 valence electrons. The van der Waals surface area contributed by atoms with Gasteiger partial charge in [0.15, 0.2) is 0 Å². The Morgan fingerprint density at radius 3 is 2.62 bits per heavy atom. The van der Waals surface area contributed by atoms with E-state index in [0.717, 1.165) is 5.56 Å². The fourth-order valence-corrected chi connectivity index (χ4v) is 1.54. The van der Waals surface area contributed by atoms with Crippen LogP contribution >= 0.6 is 0 Å². The number of hydrogen-bond donors (Lipinski definition) is 1. The fourth-order valence-electron chi connectivity index (χ4n) is 1.54. The van der Waals surface area contributed by atoms with Crippen LogP contribution in [0.25, 0.3) is 6.08 Å². The number of carbonyl (C=O) groups excluding carboxylic acids is 2. The highest BCUT2D eigenvalue weighted by molar-refractivity contribution is 5.90. The molecular formula is C16H21NO4. The van der Waals surface area contributed by atoms with E-state index in [0.29, 0.717) is 12.1 Å². The van der Waals surface area contributed by atoms with Crippen molar-refractivity contribution in [1.29, 1.82) is 0 Å². The lowest BCUT2D eigenvalue weighted by atomic mass is 10.1. The molecule has 21 heavy (non-hydrogen) atoms. The van der Waals surface area contributed by atoms with Crippen molar-refractivity contribution in [2.24, 2.45) is 0 Å². The average Bonchev–Trinajstić information content (AvgIpc) is 2.41. The molecule has 0 saturated heterocycles. The van der Waals surface area contributed by atoms with Gasteiger partial charge in [0.25, 0.3) is 0 Å². The van der Waals surface area contributed by atoms with E-state index in [-0.39, 0.29) is 5.97 Å². The Morgan fingerprint density at radius 2 is 2.00 bits per heavy atom. The molecule has 0 spiro atoms. The van der Waals surface area contributed by atoms with E-state index in [1.54, 1.807) is 45.0 Å². The standard InChI is InChI=1S/C16H21NO4/c1-16(2,3)21-15(19)17-10-6-8-12-7-5-9-13(11-12)14(18)20-4/h5-9,11H,10H2,1-4H3,(H,17,19)/b8-6+. The summed E-state index contributed by atoms with van der Waals surface area (Å²) in [6.07, 6.45) is 3.12. The van der Waals surface area contributed by atoms with Gasteiger partial charge in [0.2, 0.25) is 0 Å². The van der Waals surface area contributed by atoms with E-state index in [1.807, 2.05) is 12.1 Å². The maximum Gasteiger partial charge on any atom is 0.407 e. The summed E-state index contributed by atoms with van der Waals surface area (Å²) < 4.78 is 9.77. The first-order valence-electron chi connectivity index (χ1n) is 6.63. The fraction of sp³-hybridized carbons (Fsp3) is 0.375. The first-order valence-corrected chi connectivity index (χ1v) is 6.63. The molecule has 0 unspecified atom stereocenters. The van der Waals surface area contributed by atoms with E-state index in [1.165, 1.54) is 7.11 Å². The number of hydrogen-bond acceptors (Lipinski definition) is 4. The summed E-state index contributed by atoms with van der Waals surface area (Å²) in [5.74, 6) is -0.378. The van der Waals surface area contributed by atoms with Gasteiger partial charge >= 0.3 is 12.1 Å². The zero-order valence-electron chi connectivity index (χ0n) is 12.8. The maximum absolute atomic E-state index is 11.4. The van der Waals surface area contributed by atoms with Crippen LogP contribution in [0.3, 0.4) is 0 Å². The zero-order valence-corrected chi connectivity index (χ0v) is 12.8. The van der Waals surface area contributed by atoms with E-state index < -0.39 is 11.7 Å². The number of rotatable bonds is 4. The van der Waals surface area contributed by atoms with Crippen LogP contribution < -0.4 is 5.32 Å². The summed E-state index contributed by atoms with van der Waals surface area (Å²) in [5, 5.41) is 2.62. The van der Waals surface area contributed by atoms with Crippen molar-refractivity contribution in [3.05, 3.63) is 41.5 Å². The Kier molecular flexibility index (Phi) is 5.96. The number of benzene rings is 1. The van der Waals surface area contributed by atoms with Gasteiger partial charge in [-0.25, -0.2) is 9.59 Å². The molecule has 0 radical (unpaired) electrons. The molecule has 5 nitrogen and oxygen atoms in total. The lowest BCUT2D eigenvalue weighted by Crippen LogP contribution is -2.32. The quantitative estimate of drug-likeness (QED) is 0.866. The van der Waals surface area contributed by atoms with Crippen molar-refractivity contribution in [2.75, 3.05) is 13.7 Å². The Labute approximate surface area is 124 Å². The van der Waals surface area contributed by atoms with Gasteiger partial charge in [-0.1, -0.05) is 24.3 Å². The van der Waals surface area contributed by atoms with Crippen LogP contribution in [-0.4, -0.2) is 31.3 Å². The second kappa shape index (κ2) is 7.47. The third-order valence-corrected chi connectivity index (χ3v) is 2.38. The molecule has 1 aromatic rings. The first kappa shape index (κ1) is 16.8. The number of esters is 1. The molecule has 0 saturated carbocycles. The van der Waals surface area contributed by atoms with Gasteiger partial charge in [-0.2, -0.15) is 0 Å². The highest BCUT2D eigenvalue weighted by Gasteiger charge is 2.14. The number of methoxy groups -OCH3 is 1. The van der Waals surface area contributed by atoms with Crippen molar-refractivity contribution in [3.8, 4) is 0 Å². The lowest BCUT2D eigenvalue weighted by molar-refractivity contribution is 0.0532. The minimum Gasteiger partial charge on any atom is -0.465 e. The monoisotopic (exact) mass is 291 g/mol. The number of nitrogens with one attached hydrogen (secondary N) is 1. The van der Waals surface area contributed by atoms with Crippen LogP contribution in [-0.2, 0) is 9.47 Å². The third kappa shape index (κ3) is 6.61. The Morgan fingerprint density at radius 1 is 1.29 bits per heavy atom. The summed E-state index contributed by atoms with van der Waals surface area (Å²) in [6.45, 7) is 5.76. The number of ether oxygens (including phenoxy) is 2. The lowest BCUT2D eigenvalue weighted by Gasteiger charge is -2.19. The van der Waals surface area contributed by atoms with Crippen molar-refractivity contribution >= 4 is 18.1 Å². The van der Waals surface area contributed by atoms with Crippen LogP contribution in [0.15, 0.2) is 30.3 Å². The largest absolute Gasteiger partial charge is 0.465 e. The van der Waals surface area contributed by atoms with E-state index >= 15 is 0 Å². The van der Waals surface area contributed by atoms with Gasteiger partial charge in [0, 0.05) is 6.54 Å². The third-order valence-electron chi connectivity index (χ3n) is 2.38. The normalized spacial score (nSPS) is 11.2. The predicted molar refractivity (Wildman–Crippen MR) is 81.1 cm³/mol. The topological polar surface area (TPSA) is 64.6 Å². The molecule has 0 aromatic heterocycles. The highest BCUT2D eigenvalue weighted by Crippen LogP contribution is 2.08. The SMILES string of the molecule is COC(=O)c1cccc(/C=C/CNC(=O)OC(C)(C)C)c1. The molecule has 0 fully saturated rings. The second-order valence-corrected chi connectivity index (χ2v) is 5.40. The van der Waals surface area contributed by atoms with Crippen LogP contribution in [0.1, 0.15) is 36.7 Å². The first-order chi connectivity index (χ1) is 9.81. The average molecular weight is 291 g/mol. The molecule has 0 heterocycles. The minimum atomic E-state index is -0.511. The molecule has 1 amide bonds. The molecule has 1 aromatic carbocycles. The number of alkyl carbamates (subject to hydrolysis) is 1. The van der Waals surface area contributed by atoms with Gasteiger partial charge in [-0.15, -0.1) is 0 Å². The highest BCUT2D eigenvalue weighted by atomic mass is 16.6. The van der Waals surface area contributed by atoms with Crippen molar-refractivity contribution in [1.82, 2.24) is 5.32 Å². The van der Waals surface area contributed by atoms with Crippen molar-refractivity contribution < 1.29 is 19.1 Å². The second-order valence-electron chi connectivity index (χ2n) is 5.40. The van der Waals surface area contributed by atoms with Crippen LogP contribution in [0, 0.1) is 0 Å². The van der Waals surface area contributed by atoms with Gasteiger partial charge in [0.1, 0.15) is 5.60 Å². The van der Waals surface area contributed by atoms with Gasteiger partial charge in [0.05, 0.1) is 12.7 Å². The van der Waals surface area contributed by atoms with E-state index in [2.05, 4.69) is 10.1 Å². The summed E-state index contributed by atoms with van der Waals surface area (Å²) >= 11 is 0. The Bertz CT molecular complexity index is 529. The van der Waals surface area contributed by atoms with E-state index in [4.69, 9.17) is 4.74 Å². The summed E-state index contributed by atoms with van der Waals surface area (Å²) in [7, 11) is 1.34. The molecule has 0 atom stereocenters. The summed E-state index contributed by atoms with van der Waals surface area (Å²) in [5.41, 5.74) is 0.825. The summed E-state index contributed by atoms with van der Waals surface area (Å²) in [6, 6.07) is 7.03. The summed E-state index contributed by atoms with van der Waals surface area (Å²) in [4.78, 5) is 22.8. The number of carbonyl (C=O) groups is 2. The minimum absolute atomic E-state index is 0.345. The zero-order chi connectivity index (χ0) is 15.9. The van der Waals surface area contributed by atoms with Gasteiger partial charge in [-0.3, -0.25) is 0 Å². The van der Waals surface area contributed by atoms with Crippen LogP contribution in [0.5, 0.6) is 0 Å².